The molecule has 4 aliphatic rings. The van der Waals surface area contributed by atoms with Gasteiger partial charge in [-0.3, -0.25) is 9.80 Å². The second-order valence-electron chi connectivity index (χ2n) is 9.69. The second kappa shape index (κ2) is 11.0. The van der Waals surface area contributed by atoms with Crippen LogP contribution in [0.2, 0.25) is 0 Å². The van der Waals surface area contributed by atoms with Gasteiger partial charge in [0, 0.05) is 32.7 Å². The summed E-state index contributed by atoms with van der Waals surface area (Å²) in [6.07, 6.45) is 5.61. The van der Waals surface area contributed by atoms with Crippen LogP contribution in [0.4, 0.5) is 4.39 Å². The van der Waals surface area contributed by atoms with E-state index in [1.165, 1.54) is 19.3 Å². The lowest BCUT2D eigenvalue weighted by molar-refractivity contribution is -0.0215. The topological polar surface area (TPSA) is 80.2 Å². The number of hydrogen-bond acceptors (Lipinski definition) is 7. The first-order valence-corrected chi connectivity index (χ1v) is 12.2. The summed E-state index contributed by atoms with van der Waals surface area (Å²) < 4.78 is 19.4. The highest BCUT2D eigenvalue weighted by atomic mass is 19.1. The van der Waals surface area contributed by atoms with Crippen molar-refractivity contribution >= 4 is 0 Å². The molecule has 4 N–H and O–H groups in total. The van der Waals surface area contributed by atoms with Gasteiger partial charge < -0.3 is 25.6 Å². The summed E-state index contributed by atoms with van der Waals surface area (Å²) in [7, 11) is 0. The average Bonchev–Trinajstić information content (AvgIpc) is 3.11. The Hall–Kier alpha value is -0.350. The second-order valence-corrected chi connectivity index (χ2v) is 9.69. The van der Waals surface area contributed by atoms with Gasteiger partial charge in [0.2, 0.25) is 0 Å². The third kappa shape index (κ3) is 5.52. The number of alkyl halides is 1. The summed E-state index contributed by atoms with van der Waals surface area (Å²) in [5, 5.41) is 27.7. The van der Waals surface area contributed by atoms with Gasteiger partial charge in [0.25, 0.3) is 0 Å². The Bertz CT molecular complexity index is 509. The van der Waals surface area contributed by atoms with E-state index in [-0.39, 0.29) is 18.8 Å². The number of halogens is 1. The summed E-state index contributed by atoms with van der Waals surface area (Å²) in [6, 6.07) is -0.0855. The van der Waals surface area contributed by atoms with Gasteiger partial charge >= 0.3 is 0 Å². The minimum absolute atomic E-state index is 0.0855. The van der Waals surface area contributed by atoms with E-state index in [2.05, 4.69) is 20.4 Å². The molecule has 0 aromatic rings. The molecule has 0 aromatic carbocycles. The van der Waals surface area contributed by atoms with Gasteiger partial charge in [0.05, 0.1) is 24.9 Å². The van der Waals surface area contributed by atoms with Gasteiger partial charge in [-0.2, -0.15) is 0 Å². The quantitative estimate of drug-likeness (QED) is 0.465. The molecule has 1 unspecified atom stereocenters. The number of nitrogens with one attached hydrogen (secondary N) is 2. The van der Waals surface area contributed by atoms with Gasteiger partial charge in [-0.25, -0.2) is 4.39 Å². The zero-order chi connectivity index (χ0) is 20.9. The van der Waals surface area contributed by atoms with Crippen LogP contribution in [-0.2, 0) is 4.74 Å². The molecule has 3 aliphatic heterocycles. The van der Waals surface area contributed by atoms with Crippen LogP contribution in [0.25, 0.3) is 0 Å². The van der Waals surface area contributed by atoms with Gasteiger partial charge in [-0.15, -0.1) is 0 Å². The number of piperazine rings is 1. The molecule has 0 aromatic heterocycles. The van der Waals surface area contributed by atoms with E-state index in [1.54, 1.807) is 0 Å². The monoisotopic (exact) mass is 428 g/mol. The summed E-state index contributed by atoms with van der Waals surface area (Å²) in [4.78, 5) is 4.90. The van der Waals surface area contributed by atoms with E-state index in [0.717, 1.165) is 52.1 Å². The lowest BCUT2D eigenvalue weighted by Crippen LogP contribution is -2.61. The molecule has 4 rings (SSSR count). The fourth-order valence-electron chi connectivity index (χ4n) is 5.84. The van der Waals surface area contributed by atoms with Crippen LogP contribution in [0.5, 0.6) is 0 Å². The summed E-state index contributed by atoms with van der Waals surface area (Å²) in [5.41, 5.74) is 0. The zero-order valence-corrected chi connectivity index (χ0v) is 18.2. The molecule has 4 fully saturated rings. The van der Waals surface area contributed by atoms with Crippen LogP contribution in [0.1, 0.15) is 44.9 Å². The van der Waals surface area contributed by atoms with Crippen molar-refractivity contribution in [1.29, 1.82) is 0 Å². The maximum absolute atomic E-state index is 13.3. The summed E-state index contributed by atoms with van der Waals surface area (Å²) in [6.45, 7) is 6.32. The molecule has 30 heavy (non-hydrogen) atoms. The highest BCUT2D eigenvalue weighted by Crippen LogP contribution is 2.28. The van der Waals surface area contributed by atoms with Crippen molar-refractivity contribution in [2.24, 2.45) is 5.92 Å². The number of aliphatic hydroxyl groups excluding tert-OH is 2. The number of rotatable bonds is 7. The summed E-state index contributed by atoms with van der Waals surface area (Å²) in [5.74, 6) is 0.530. The van der Waals surface area contributed by atoms with Crippen molar-refractivity contribution in [1.82, 2.24) is 20.4 Å². The van der Waals surface area contributed by atoms with Gasteiger partial charge in [-0.1, -0.05) is 0 Å². The lowest BCUT2D eigenvalue weighted by Gasteiger charge is -2.44. The predicted molar refractivity (Wildman–Crippen MR) is 114 cm³/mol. The molecule has 8 heteroatoms. The molecule has 0 spiro atoms. The number of nitrogens with zero attached hydrogens (tertiary/aromatic N) is 2. The third-order valence-electron chi connectivity index (χ3n) is 7.69. The minimum Gasteiger partial charge on any atom is -0.394 e. The van der Waals surface area contributed by atoms with E-state index >= 15 is 0 Å². The van der Waals surface area contributed by atoms with Crippen LogP contribution in [0.15, 0.2) is 0 Å². The Morgan fingerprint density at radius 2 is 1.67 bits per heavy atom. The van der Waals surface area contributed by atoms with Crippen LogP contribution < -0.4 is 10.6 Å². The average molecular weight is 429 g/mol. The minimum atomic E-state index is -0.664. The Labute approximate surface area is 180 Å². The standard InChI is InChI=1S/C22H41FN4O3/c23-17-6-4-16(5-7-17)13-24-14-18-21(22(29)19(15-28)30-18)27-11-9-26(10-12-27)20-3-1-2-8-25-20/h16-22,24-25,28-29H,1-15H2/t16?,17?,18-,19+,20?,21-,22-/m1/s1. The van der Waals surface area contributed by atoms with Gasteiger partial charge in [0.1, 0.15) is 18.4 Å². The predicted octanol–water partition coefficient (Wildman–Crippen LogP) is 0.311. The molecule has 1 aliphatic carbocycles. The van der Waals surface area contributed by atoms with Crippen LogP contribution in [0, 0.1) is 5.92 Å². The van der Waals surface area contributed by atoms with Crippen LogP contribution >= 0.6 is 0 Å². The molecule has 0 bridgehead atoms. The Balaban J connectivity index is 1.27. The van der Waals surface area contributed by atoms with E-state index in [4.69, 9.17) is 4.74 Å². The lowest BCUT2D eigenvalue weighted by atomic mass is 9.88. The van der Waals surface area contributed by atoms with E-state index in [0.29, 0.717) is 31.5 Å². The molecule has 174 valence electrons. The molecule has 3 heterocycles. The van der Waals surface area contributed by atoms with Gasteiger partial charge in [0.15, 0.2) is 0 Å². The van der Waals surface area contributed by atoms with Crippen LogP contribution in [-0.4, -0.2) is 109 Å². The Morgan fingerprint density at radius 3 is 2.33 bits per heavy atom. The van der Waals surface area contributed by atoms with E-state index in [1.807, 2.05) is 0 Å². The largest absolute Gasteiger partial charge is 0.394 e. The molecule has 0 amide bonds. The van der Waals surface area contributed by atoms with Gasteiger partial charge in [-0.05, 0) is 64.0 Å². The first kappa shape index (κ1) is 22.8. The fourth-order valence-corrected chi connectivity index (χ4v) is 5.84. The van der Waals surface area contributed by atoms with Crippen molar-refractivity contribution in [2.45, 2.75) is 81.6 Å². The fraction of sp³-hybridized carbons (Fsp3) is 1.00. The number of hydrogen-bond donors (Lipinski definition) is 4. The number of ether oxygens (including phenoxy) is 1. The molecular formula is C22H41FN4O3. The van der Waals surface area contributed by atoms with Crippen LogP contribution in [0.3, 0.4) is 0 Å². The Kier molecular flexibility index (Phi) is 8.36. The van der Waals surface area contributed by atoms with Crippen molar-refractivity contribution < 1.29 is 19.3 Å². The van der Waals surface area contributed by atoms with Crippen molar-refractivity contribution in [3.63, 3.8) is 0 Å². The number of aliphatic hydroxyl groups is 2. The van der Waals surface area contributed by atoms with Crippen molar-refractivity contribution in [3.05, 3.63) is 0 Å². The molecule has 3 saturated heterocycles. The van der Waals surface area contributed by atoms with E-state index < -0.39 is 18.4 Å². The molecule has 7 nitrogen and oxygen atoms in total. The van der Waals surface area contributed by atoms with Crippen molar-refractivity contribution in [2.75, 3.05) is 52.4 Å². The first-order chi connectivity index (χ1) is 14.7. The molecule has 0 radical (unpaired) electrons. The SMILES string of the molecule is OC[C@@H]1O[C@H](CNCC2CCC(F)CC2)[C@@H](N2CCN(C3CCCCN3)CC2)[C@@H]1O. The normalized spacial score (nSPS) is 41.9. The maximum Gasteiger partial charge on any atom is 0.109 e. The summed E-state index contributed by atoms with van der Waals surface area (Å²) >= 11 is 0. The highest BCUT2D eigenvalue weighted by Gasteiger charge is 2.46. The first-order valence-electron chi connectivity index (χ1n) is 12.2. The van der Waals surface area contributed by atoms with Crippen molar-refractivity contribution in [3.8, 4) is 0 Å². The highest BCUT2D eigenvalue weighted by molar-refractivity contribution is 4.99. The molecule has 5 atom stereocenters. The molecular weight excluding hydrogens is 387 g/mol. The smallest absolute Gasteiger partial charge is 0.109 e. The maximum atomic E-state index is 13.3. The third-order valence-corrected chi connectivity index (χ3v) is 7.69. The molecule has 1 saturated carbocycles. The van der Waals surface area contributed by atoms with E-state index in [9.17, 15) is 14.6 Å². The number of piperidine rings is 1. The zero-order valence-electron chi connectivity index (χ0n) is 18.2. The Morgan fingerprint density at radius 1 is 0.933 bits per heavy atom.